The average Bonchev–Trinajstić information content (AvgIpc) is 2.34. The van der Waals surface area contributed by atoms with Crippen LogP contribution in [0, 0.1) is 0 Å². The highest BCUT2D eigenvalue weighted by atomic mass is 19.4. The van der Waals surface area contributed by atoms with Gasteiger partial charge in [0, 0.05) is 0 Å². The second kappa shape index (κ2) is 2.46. The Morgan fingerprint density at radius 1 is 1.33 bits per heavy atom. The fraction of sp³-hybridized carbons (Fsp3) is 0.667. The number of hydrogen-bond donors (Lipinski definition) is 0. The molecular weight excluding hydrogens is 173 g/mol. The first-order valence-electron chi connectivity index (χ1n) is 3.19. The van der Waals surface area contributed by atoms with Gasteiger partial charge in [-0.2, -0.15) is 18.2 Å². The van der Waals surface area contributed by atoms with Crippen molar-refractivity contribution in [3.63, 3.8) is 0 Å². The quantitative estimate of drug-likeness (QED) is 0.662. The first kappa shape index (κ1) is 9.02. The number of aromatic nitrogens is 2. The van der Waals surface area contributed by atoms with Crippen LogP contribution in [0.2, 0.25) is 0 Å². The van der Waals surface area contributed by atoms with Gasteiger partial charge in [-0.05, 0) is 13.8 Å². The number of rotatable bonds is 1. The zero-order valence-corrected chi connectivity index (χ0v) is 6.51. The van der Waals surface area contributed by atoms with Crippen molar-refractivity contribution in [1.82, 2.24) is 10.1 Å². The van der Waals surface area contributed by atoms with E-state index in [2.05, 4.69) is 14.7 Å². The van der Waals surface area contributed by atoms with Gasteiger partial charge in [-0.1, -0.05) is 5.16 Å². The van der Waals surface area contributed by atoms with E-state index in [-0.39, 0.29) is 0 Å². The predicted molar refractivity (Wildman–Crippen MR) is 33.4 cm³/mol. The highest BCUT2D eigenvalue weighted by Crippen LogP contribution is 2.38. The Bertz CT molecular complexity index is 252. The fourth-order valence-electron chi connectivity index (χ4n) is 0.570. The lowest BCUT2D eigenvalue weighted by molar-refractivity contribution is -0.186. The monoisotopic (exact) mass is 180 g/mol. The molecule has 0 fully saturated rings. The molecule has 3 nitrogen and oxygen atoms in total. The maximum Gasteiger partial charge on any atom is 0.402 e. The molecule has 0 aromatic carbocycles. The number of nitrogens with zero attached hydrogens (tertiary/aromatic N) is 2. The molecule has 12 heavy (non-hydrogen) atoms. The van der Waals surface area contributed by atoms with E-state index in [1.807, 2.05) is 0 Å². The summed E-state index contributed by atoms with van der Waals surface area (Å²) in [6, 6.07) is 0. The summed E-state index contributed by atoms with van der Waals surface area (Å²) in [4.78, 5) is 3.36. The third kappa shape index (κ3) is 1.28. The molecule has 0 saturated heterocycles. The Kier molecular flexibility index (Phi) is 1.85. The van der Waals surface area contributed by atoms with Gasteiger partial charge in [0.05, 0.1) is 0 Å². The van der Waals surface area contributed by atoms with Crippen molar-refractivity contribution >= 4 is 0 Å². The van der Waals surface area contributed by atoms with Gasteiger partial charge >= 0.3 is 6.18 Å². The molecule has 0 aliphatic rings. The molecule has 0 saturated carbocycles. The minimum Gasteiger partial charge on any atom is -0.339 e. The van der Waals surface area contributed by atoms with Crippen molar-refractivity contribution in [2.24, 2.45) is 0 Å². The summed E-state index contributed by atoms with van der Waals surface area (Å²) >= 11 is 0. The lowest BCUT2D eigenvalue weighted by Crippen LogP contribution is -2.36. The largest absolute Gasteiger partial charge is 0.402 e. The second-order valence-electron chi connectivity index (χ2n) is 2.87. The standard InChI is InChI=1S/C6H7F3N2O/c1-5(2,6(7,8)9)4-10-3-11-12-4/h3H,1-2H3. The third-order valence-electron chi connectivity index (χ3n) is 1.60. The summed E-state index contributed by atoms with van der Waals surface area (Å²) < 4.78 is 41.2. The van der Waals surface area contributed by atoms with E-state index in [1.54, 1.807) is 0 Å². The van der Waals surface area contributed by atoms with Crippen molar-refractivity contribution in [2.75, 3.05) is 0 Å². The summed E-state index contributed by atoms with van der Waals surface area (Å²) in [7, 11) is 0. The van der Waals surface area contributed by atoms with Crippen molar-refractivity contribution < 1.29 is 17.7 Å². The maximum atomic E-state index is 12.3. The molecule has 1 aromatic heterocycles. The van der Waals surface area contributed by atoms with Crippen molar-refractivity contribution in [3.05, 3.63) is 12.2 Å². The Balaban J connectivity index is 3.02. The van der Waals surface area contributed by atoms with Gasteiger partial charge in [0.1, 0.15) is 5.41 Å². The van der Waals surface area contributed by atoms with E-state index in [4.69, 9.17) is 0 Å². The first-order valence-corrected chi connectivity index (χ1v) is 3.19. The van der Waals surface area contributed by atoms with Gasteiger partial charge in [0.25, 0.3) is 0 Å². The van der Waals surface area contributed by atoms with Crippen LogP contribution in [0.4, 0.5) is 13.2 Å². The Hall–Kier alpha value is -1.07. The van der Waals surface area contributed by atoms with Gasteiger partial charge in [-0.15, -0.1) is 0 Å². The molecule has 0 atom stereocenters. The van der Waals surface area contributed by atoms with Crippen LogP contribution in [0.25, 0.3) is 0 Å². The molecule has 0 bridgehead atoms. The van der Waals surface area contributed by atoms with Gasteiger partial charge in [0.2, 0.25) is 5.89 Å². The average molecular weight is 180 g/mol. The highest BCUT2D eigenvalue weighted by Gasteiger charge is 2.52. The normalized spacial score (nSPS) is 13.4. The van der Waals surface area contributed by atoms with Gasteiger partial charge in [-0.25, -0.2) is 0 Å². The predicted octanol–water partition coefficient (Wildman–Crippen LogP) is 1.91. The van der Waals surface area contributed by atoms with E-state index >= 15 is 0 Å². The highest BCUT2D eigenvalue weighted by molar-refractivity contribution is 5.02. The zero-order chi connectivity index (χ0) is 9.41. The lowest BCUT2D eigenvalue weighted by Gasteiger charge is -2.22. The molecule has 1 heterocycles. The summed E-state index contributed by atoms with van der Waals surface area (Å²) in [5, 5.41) is 3.12. The maximum absolute atomic E-state index is 12.3. The van der Waals surface area contributed by atoms with Gasteiger partial charge in [0.15, 0.2) is 6.33 Å². The van der Waals surface area contributed by atoms with Crippen molar-refractivity contribution in [1.29, 1.82) is 0 Å². The van der Waals surface area contributed by atoms with Crippen LogP contribution in [-0.2, 0) is 5.41 Å². The van der Waals surface area contributed by atoms with Crippen LogP contribution < -0.4 is 0 Å². The minimum absolute atomic E-state index is 0.421. The Morgan fingerprint density at radius 2 is 1.92 bits per heavy atom. The summed E-state index contributed by atoms with van der Waals surface area (Å²) in [6.07, 6.45) is -3.43. The van der Waals surface area contributed by atoms with E-state index < -0.39 is 17.5 Å². The number of halogens is 3. The smallest absolute Gasteiger partial charge is 0.339 e. The first-order chi connectivity index (χ1) is 5.36. The number of hydrogen-bond acceptors (Lipinski definition) is 3. The summed E-state index contributed by atoms with van der Waals surface area (Å²) in [5.41, 5.74) is -2.08. The van der Waals surface area contributed by atoms with Crippen LogP contribution in [-0.4, -0.2) is 16.3 Å². The molecule has 0 aliphatic heterocycles. The third-order valence-corrected chi connectivity index (χ3v) is 1.60. The van der Waals surface area contributed by atoms with Crippen LogP contribution in [0.15, 0.2) is 10.9 Å². The van der Waals surface area contributed by atoms with E-state index in [1.165, 1.54) is 0 Å². The molecule has 6 heteroatoms. The molecule has 0 unspecified atom stereocenters. The lowest BCUT2D eigenvalue weighted by atomic mass is 9.93. The molecule has 0 spiro atoms. The molecular formula is C6H7F3N2O. The number of alkyl halides is 3. The van der Waals surface area contributed by atoms with E-state index in [9.17, 15) is 13.2 Å². The summed E-state index contributed by atoms with van der Waals surface area (Å²) in [5.74, 6) is -0.421. The van der Waals surface area contributed by atoms with Crippen LogP contribution >= 0.6 is 0 Å². The molecule has 68 valence electrons. The fourth-order valence-corrected chi connectivity index (χ4v) is 0.570. The topological polar surface area (TPSA) is 38.9 Å². The SMILES string of the molecule is CC(C)(c1ncno1)C(F)(F)F. The molecule has 0 aliphatic carbocycles. The van der Waals surface area contributed by atoms with Crippen molar-refractivity contribution in [3.8, 4) is 0 Å². The molecule has 0 N–H and O–H groups in total. The molecule has 0 amide bonds. The van der Waals surface area contributed by atoms with Crippen molar-refractivity contribution in [2.45, 2.75) is 25.4 Å². The summed E-state index contributed by atoms with van der Waals surface area (Å²) in [6.45, 7) is 1.97. The minimum atomic E-state index is -4.38. The molecule has 1 rings (SSSR count). The van der Waals surface area contributed by atoms with E-state index in [0.717, 1.165) is 20.2 Å². The van der Waals surface area contributed by atoms with Crippen LogP contribution in [0.1, 0.15) is 19.7 Å². The zero-order valence-electron chi connectivity index (χ0n) is 6.51. The molecule has 1 aromatic rings. The van der Waals surface area contributed by atoms with Crippen LogP contribution in [0.5, 0.6) is 0 Å². The molecule has 0 radical (unpaired) electrons. The van der Waals surface area contributed by atoms with E-state index in [0.29, 0.717) is 0 Å². The van der Waals surface area contributed by atoms with Gasteiger partial charge < -0.3 is 4.52 Å². The van der Waals surface area contributed by atoms with Gasteiger partial charge in [-0.3, -0.25) is 0 Å². The Labute approximate surface area is 66.6 Å². The van der Waals surface area contributed by atoms with Crippen LogP contribution in [0.3, 0.4) is 0 Å². The Morgan fingerprint density at radius 3 is 2.25 bits per heavy atom. The second-order valence-corrected chi connectivity index (χ2v) is 2.87.